The van der Waals surface area contributed by atoms with Crippen molar-refractivity contribution in [3.63, 3.8) is 0 Å². The van der Waals surface area contributed by atoms with E-state index in [9.17, 15) is 20.0 Å². The average Bonchev–Trinajstić information content (AvgIpc) is 3.05. The minimum atomic E-state index is -0.463. The van der Waals surface area contributed by atoms with Gasteiger partial charge in [0, 0.05) is 6.42 Å². The van der Waals surface area contributed by atoms with Crippen LogP contribution in [0, 0.1) is 22.0 Å². The molecule has 0 spiro atoms. The topological polar surface area (TPSA) is 89.7 Å². The lowest BCUT2D eigenvalue weighted by Gasteiger charge is -2.16. The van der Waals surface area contributed by atoms with Crippen molar-refractivity contribution < 1.29 is 19.6 Å². The smallest absolute Gasteiger partial charge is 0.305 e. The van der Waals surface area contributed by atoms with E-state index in [-0.39, 0.29) is 22.7 Å². The zero-order chi connectivity index (χ0) is 20.1. The number of carbonyl (C=O) groups is 1. The van der Waals surface area contributed by atoms with Gasteiger partial charge in [-0.2, -0.15) is 0 Å². The first-order valence-electron chi connectivity index (χ1n) is 10.3. The van der Waals surface area contributed by atoms with Crippen LogP contribution in [-0.4, -0.2) is 29.2 Å². The average molecular weight is 382 g/mol. The number of nitro groups is 1. The fourth-order valence-corrected chi connectivity index (χ4v) is 3.64. The van der Waals surface area contributed by atoms with Crippen LogP contribution in [0.4, 0.5) is 0 Å². The number of aliphatic hydroxyl groups excluding tert-OH is 1. The zero-order valence-electron chi connectivity index (χ0n) is 16.8. The Morgan fingerprint density at radius 2 is 2.07 bits per heavy atom. The Labute approximate surface area is 162 Å². The quantitative estimate of drug-likeness (QED) is 0.154. The molecule has 0 heterocycles. The molecule has 0 saturated carbocycles. The number of nitrogens with zero attached hydrogens (tertiary/aromatic N) is 1. The third-order valence-corrected chi connectivity index (χ3v) is 5.26. The van der Waals surface area contributed by atoms with Crippen LogP contribution in [0.3, 0.4) is 0 Å². The maximum absolute atomic E-state index is 11.3. The molecule has 0 fully saturated rings. The lowest BCUT2D eigenvalue weighted by Crippen LogP contribution is -2.15. The lowest BCUT2D eigenvalue weighted by molar-refractivity contribution is -0.433. The Balaban J connectivity index is 2.44. The van der Waals surface area contributed by atoms with Crippen LogP contribution in [-0.2, 0) is 9.53 Å². The van der Waals surface area contributed by atoms with E-state index in [0.29, 0.717) is 18.5 Å². The van der Waals surface area contributed by atoms with Gasteiger partial charge in [0.15, 0.2) is 0 Å². The van der Waals surface area contributed by atoms with Crippen molar-refractivity contribution in [3.8, 4) is 0 Å². The van der Waals surface area contributed by atoms with E-state index in [2.05, 4.69) is 11.7 Å². The molecule has 0 aromatic rings. The van der Waals surface area contributed by atoms with E-state index in [1.165, 1.54) is 7.11 Å². The third-order valence-electron chi connectivity index (χ3n) is 5.26. The van der Waals surface area contributed by atoms with Crippen molar-refractivity contribution in [2.45, 2.75) is 83.7 Å². The van der Waals surface area contributed by atoms with Gasteiger partial charge in [-0.15, -0.1) is 0 Å². The largest absolute Gasteiger partial charge is 0.469 e. The second-order valence-electron chi connectivity index (χ2n) is 7.37. The molecule has 0 aliphatic heterocycles. The number of allylic oxidation sites excluding steroid dienone is 3. The van der Waals surface area contributed by atoms with Gasteiger partial charge in [0.1, 0.15) is 0 Å². The van der Waals surface area contributed by atoms with Crippen molar-refractivity contribution in [1.82, 2.24) is 0 Å². The second kappa shape index (κ2) is 13.5. The van der Waals surface area contributed by atoms with Gasteiger partial charge in [-0.25, -0.2) is 0 Å². The molecule has 3 atom stereocenters. The van der Waals surface area contributed by atoms with Crippen LogP contribution < -0.4 is 0 Å². The predicted molar refractivity (Wildman–Crippen MR) is 106 cm³/mol. The SMILES string of the molecule is CCCCC[C@H](O)C=C[C@H]1CC=C([N+](=O)[O-])[C@@H]1CCCCCCC(=O)OC. The van der Waals surface area contributed by atoms with Gasteiger partial charge in [0.2, 0.25) is 5.70 Å². The van der Waals surface area contributed by atoms with Gasteiger partial charge < -0.3 is 9.84 Å². The highest BCUT2D eigenvalue weighted by Crippen LogP contribution is 2.37. The molecule has 6 heteroatoms. The molecule has 1 aliphatic carbocycles. The van der Waals surface area contributed by atoms with E-state index < -0.39 is 6.10 Å². The van der Waals surface area contributed by atoms with Crippen molar-refractivity contribution in [1.29, 1.82) is 0 Å². The van der Waals surface area contributed by atoms with Gasteiger partial charge in [-0.3, -0.25) is 14.9 Å². The van der Waals surface area contributed by atoms with E-state index in [0.717, 1.165) is 57.8 Å². The molecule has 1 rings (SSSR count). The number of hydrogen-bond donors (Lipinski definition) is 1. The monoisotopic (exact) mass is 381 g/mol. The van der Waals surface area contributed by atoms with Crippen LogP contribution in [0.5, 0.6) is 0 Å². The third kappa shape index (κ3) is 9.18. The van der Waals surface area contributed by atoms with Gasteiger partial charge in [-0.1, -0.05) is 57.6 Å². The first-order valence-corrected chi connectivity index (χ1v) is 10.3. The highest BCUT2D eigenvalue weighted by atomic mass is 16.6. The normalized spacial score (nSPS) is 20.6. The molecule has 1 N–H and O–H groups in total. The summed E-state index contributed by atoms with van der Waals surface area (Å²) in [4.78, 5) is 22.2. The maximum Gasteiger partial charge on any atom is 0.305 e. The minimum Gasteiger partial charge on any atom is -0.469 e. The lowest BCUT2D eigenvalue weighted by atomic mass is 9.88. The van der Waals surface area contributed by atoms with E-state index in [1.807, 2.05) is 12.2 Å². The summed E-state index contributed by atoms with van der Waals surface area (Å²) in [5.74, 6) is -0.173. The number of rotatable bonds is 14. The Morgan fingerprint density at radius 3 is 2.74 bits per heavy atom. The summed E-state index contributed by atoms with van der Waals surface area (Å²) in [5.41, 5.74) is 0.319. The van der Waals surface area contributed by atoms with Crippen LogP contribution in [0.15, 0.2) is 23.9 Å². The molecule has 27 heavy (non-hydrogen) atoms. The summed E-state index contributed by atoms with van der Waals surface area (Å²) < 4.78 is 4.62. The van der Waals surface area contributed by atoms with Crippen molar-refractivity contribution >= 4 is 5.97 Å². The summed E-state index contributed by atoms with van der Waals surface area (Å²) in [5, 5.41) is 21.4. The number of ether oxygens (including phenoxy) is 1. The van der Waals surface area contributed by atoms with Crippen molar-refractivity contribution in [2.75, 3.05) is 7.11 Å². The Morgan fingerprint density at radius 1 is 1.33 bits per heavy atom. The molecule has 1 aliphatic rings. The number of carbonyl (C=O) groups excluding carboxylic acids is 1. The molecule has 0 aromatic carbocycles. The molecular formula is C21H35NO5. The molecule has 0 unspecified atom stereocenters. The van der Waals surface area contributed by atoms with Crippen LogP contribution >= 0.6 is 0 Å². The molecule has 0 saturated heterocycles. The Kier molecular flexibility index (Phi) is 11.7. The van der Waals surface area contributed by atoms with E-state index in [4.69, 9.17) is 0 Å². The molecule has 0 radical (unpaired) electrons. The molecule has 0 bridgehead atoms. The Bertz CT molecular complexity index is 515. The first-order chi connectivity index (χ1) is 13.0. The van der Waals surface area contributed by atoms with Crippen LogP contribution in [0.25, 0.3) is 0 Å². The van der Waals surface area contributed by atoms with Crippen molar-refractivity contribution in [2.24, 2.45) is 11.8 Å². The fraction of sp³-hybridized carbons (Fsp3) is 0.762. The van der Waals surface area contributed by atoms with E-state index in [1.54, 1.807) is 6.08 Å². The number of aliphatic hydroxyl groups is 1. The fourth-order valence-electron chi connectivity index (χ4n) is 3.64. The van der Waals surface area contributed by atoms with Crippen LogP contribution in [0.1, 0.15) is 77.6 Å². The standard InChI is InChI=1S/C21H35NO5/c1-3-4-7-10-18(23)15-13-17-14-16-20(22(25)26)19(17)11-8-5-6-9-12-21(24)27-2/h13,15-19,23H,3-12,14H2,1-2H3/t17-,18-,19+/m0/s1. The van der Waals surface area contributed by atoms with Crippen LogP contribution in [0.2, 0.25) is 0 Å². The van der Waals surface area contributed by atoms with Crippen molar-refractivity contribution in [3.05, 3.63) is 34.0 Å². The molecular weight excluding hydrogens is 346 g/mol. The number of unbranched alkanes of at least 4 members (excludes halogenated alkanes) is 5. The number of methoxy groups -OCH3 is 1. The van der Waals surface area contributed by atoms with Gasteiger partial charge >= 0.3 is 5.97 Å². The van der Waals surface area contributed by atoms with E-state index >= 15 is 0 Å². The highest BCUT2D eigenvalue weighted by Gasteiger charge is 2.35. The highest BCUT2D eigenvalue weighted by molar-refractivity contribution is 5.68. The summed E-state index contributed by atoms with van der Waals surface area (Å²) in [6.45, 7) is 2.13. The molecule has 6 nitrogen and oxygen atoms in total. The second-order valence-corrected chi connectivity index (χ2v) is 7.37. The summed E-state index contributed by atoms with van der Waals surface area (Å²) in [6.07, 6.45) is 14.5. The summed E-state index contributed by atoms with van der Waals surface area (Å²) in [7, 11) is 1.39. The number of hydrogen-bond acceptors (Lipinski definition) is 5. The maximum atomic E-state index is 11.3. The zero-order valence-corrected chi connectivity index (χ0v) is 16.8. The van der Waals surface area contributed by atoms with Gasteiger partial charge in [-0.05, 0) is 37.7 Å². The molecule has 0 amide bonds. The Hall–Kier alpha value is -1.69. The first kappa shape index (κ1) is 23.3. The summed E-state index contributed by atoms with van der Waals surface area (Å²) >= 11 is 0. The van der Waals surface area contributed by atoms with Gasteiger partial charge in [0.05, 0.1) is 24.1 Å². The minimum absolute atomic E-state index is 0.0836. The number of esters is 1. The summed E-state index contributed by atoms with van der Waals surface area (Å²) in [6, 6.07) is 0. The molecule has 0 aromatic heterocycles. The molecule has 154 valence electrons. The predicted octanol–water partition coefficient (Wildman–Crippen LogP) is 4.79. The van der Waals surface area contributed by atoms with Gasteiger partial charge in [0.25, 0.3) is 0 Å².